The fourth-order valence-electron chi connectivity index (χ4n) is 3.57. The standard InChI is InChI=1S/C15H26N4O3S/c1-13-16-7-10-17(13)11-14-5-3-9-19(14)23(20,21)18-8-4-6-15(12-18)22-2/h7,10,14-15H,3-6,8-9,11-12H2,1-2H3/t14-,15+/m0/s1. The van der Waals surface area contributed by atoms with E-state index < -0.39 is 10.2 Å². The Morgan fingerprint density at radius 3 is 2.78 bits per heavy atom. The molecule has 8 heteroatoms. The Morgan fingerprint density at radius 2 is 2.09 bits per heavy atom. The first-order valence-electron chi connectivity index (χ1n) is 8.30. The zero-order valence-corrected chi connectivity index (χ0v) is 14.7. The van der Waals surface area contributed by atoms with Crippen molar-refractivity contribution in [1.29, 1.82) is 0 Å². The van der Waals surface area contributed by atoms with Gasteiger partial charge in [0.1, 0.15) is 5.82 Å². The summed E-state index contributed by atoms with van der Waals surface area (Å²) in [6.45, 7) is 4.28. The number of hydrogen-bond acceptors (Lipinski definition) is 4. The lowest BCUT2D eigenvalue weighted by Gasteiger charge is -2.35. The maximum absolute atomic E-state index is 13.0. The zero-order valence-electron chi connectivity index (χ0n) is 13.9. The van der Waals surface area contributed by atoms with Gasteiger partial charge in [-0.2, -0.15) is 17.0 Å². The lowest BCUT2D eigenvalue weighted by Crippen LogP contribution is -2.51. The predicted octanol–water partition coefficient (Wildman–Crippen LogP) is 1.01. The molecule has 3 heterocycles. The van der Waals surface area contributed by atoms with Crippen molar-refractivity contribution in [3.05, 3.63) is 18.2 Å². The molecule has 1 aromatic heterocycles. The number of rotatable bonds is 5. The molecule has 0 saturated carbocycles. The van der Waals surface area contributed by atoms with Gasteiger partial charge in [0.05, 0.1) is 6.10 Å². The summed E-state index contributed by atoms with van der Waals surface area (Å²) in [5.41, 5.74) is 0. The van der Waals surface area contributed by atoms with E-state index in [1.54, 1.807) is 21.9 Å². The summed E-state index contributed by atoms with van der Waals surface area (Å²) >= 11 is 0. The van der Waals surface area contributed by atoms with E-state index in [-0.39, 0.29) is 12.1 Å². The van der Waals surface area contributed by atoms with Crippen LogP contribution in [0.15, 0.2) is 12.4 Å². The SMILES string of the molecule is CO[C@@H]1CCCN(S(=O)(=O)N2CCC[C@H]2Cn2ccnc2C)C1. The van der Waals surface area contributed by atoms with Crippen molar-refractivity contribution in [2.75, 3.05) is 26.7 Å². The Morgan fingerprint density at radius 1 is 1.30 bits per heavy atom. The topological polar surface area (TPSA) is 67.7 Å². The van der Waals surface area contributed by atoms with Crippen molar-refractivity contribution in [3.8, 4) is 0 Å². The number of methoxy groups -OCH3 is 1. The van der Waals surface area contributed by atoms with Gasteiger partial charge in [-0.1, -0.05) is 0 Å². The highest BCUT2D eigenvalue weighted by Crippen LogP contribution is 2.27. The summed E-state index contributed by atoms with van der Waals surface area (Å²) in [5, 5.41) is 0. The minimum atomic E-state index is -3.42. The van der Waals surface area contributed by atoms with Gasteiger partial charge in [-0.3, -0.25) is 0 Å². The van der Waals surface area contributed by atoms with Gasteiger partial charge in [-0.05, 0) is 32.6 Å². The highest BCUT2D eigenvalue weighted by molar-refractivity contribution is 7.86. The number of hydrogen-bond donors (Lipinski definition) is 0. The van der Waals surface area contributed by atoms with Gasteiger partial charge in [0.25, 0.3) is 10.2 Å². The van der Waals surface area contributed by atoms with Crippen molar-refractivity contribution in [2.24, 2.45) is 0 Å². The molecule has 2 aliphatic heterocycles. The van der Waals surface area contributed by atoms with Crippen molar-refractivity contribution in [2.45, 2.75) is 51.3 Å². The maximum Gasteiger partial charge on any atom is 0.282 e. The molecule has 3 rings (SSSR count). The summed E-state index contributed by atoms with van der Waals surface area (Å²) in [5.74, 6) is 0.923. The smallest absolute Gasteiger partial charge is 0.282 e. The van der Waals surface area contributed by atoms with Crippen LogP contribution in [0.5, 0.6) is 0 Å². The molecule has 0 bridgehead atoms. The second-order valence-corrected chi connectivity index (χ2v) is 8.28. The van der Waals surface area contributed by atoms with Crippen LogP contribution in [-0.4, -0.2) is 65.5 Å². The second kappa shape index (κ2) is 6.88. The van der Waals surface area contributed by atoms with Gasteiger partial charge in [0, 0.05) is 51.7 Å². The highest BCUT2D eigenvalue weighted by atomic mass is 32.2. The Kier molecular flexibility index (Phi) is 5.05. The van der Waals surface area contributed by atoms with Crippen LogP contribution in [0.1, 0.15) is 31.5 Å². The van der Waals surface area contributed by atoms with Crippen LogP contribution in [0.4, 0.5) is 0 Å². The molecule has 0 aromatic carbocycles. The minimum absolute atomic E-state index is 0.00970. The quantitative estimate of drug-likeness (QED) is 0.801. The molecule has 2 saturated heterocycles. The van der Waals surface area contributed by atoms with E-state index in [0.29, 0.717) is 26.2 Å². The number of aromatic nitrogens is 2. The summed E-state index contributed by atoms with van der Waals surface area (Å²) in [7, 11) is -1.76. The molecular formula is C15H26N4O3S. The molecule has 0 N–H and O–H groups in total. The van der Waals surface area contributed by atoms with Crippen LogP contribution in [0.2, 0.25) is 0 Å². The van der Waals surface area contributed by atoms with Crippen molar-refractivity contribution < 1.29 is 13.2 Å². The predicted molar refractivity (Wildman–Crippen MR) is 87.2 cm³/mol. The third-order valence-electron chi connectivity index (χ3n) is 4.95. The number of piperidine rings is 1. The van der Waals surface area contributed by atoms with E-state index in [9.17, 15) is 8.42 Å². The van der Waals surface area contributed by atoms with Crippen molar-refractivity contribution in [3.63, 3.8) is 0 Å². The Hall–Kier alpha value is -0.960. The molecule has 2 aliphatic rings. The van der Waals surface area contributed by atoms with E-state index in [2.05, 4.69) is 4.98 Å². The van der Waals surface area contributed by atoms with Crippen LogP contribution in [0, 0.1) is 6.92 Å². The molecule has 0 spiro atoms. The molecule has 0 amide bonds. The van der Waals surface area contributed by atoms with Crippen LogP contribution in [-0.2, 0) is 21.5 Å². The van der Waals surface area contributed by atoms with Crippen molar-refractivity contribution in [1.82, 2.24) is 18.2 Å². The van der Waals surface area contributed by atoms with Gasteiger partial charge in [0.2, 0.25) is 0 Å². The average Bonchev–Trinajstić information content (AvgIpc) is 3.18. The number of imidazole rings is 1. The van der Waals surface area contributed by atoms with Gasteiger partial charge in [-0.15, -0.1) is 0 Å². The number of ether oxygens (including phenoxy) is 1. The largest absolute Gasteiger partial charge is 0.380 e. The van der Waals surface area contributed by atoms with Gasteiger partial charge >= 0.3 is 0 Å². The molecule has 0 aliphatic carbocycles. The van der Waals surface area contributed by atoms with Crippen molar-refractivity contribution >= 4 is 10.2 Å². The summed E-state index contributed by atoms with van der Waals surface area (Å²) in [6.07, 6.45) is 7.29. The molecule has 2 atom stereocenters. The lowest BCUT2D eigenvalue weighted by atomic mass is 10.1. The summed E-state index contributed by atoms with van der Waals surface area (Å²) in [6, 6.07) is 0.0100. The van der Waals surface area contributed by atoms with E-state index in [1.165, 1.54) is 0 Å². The van der Waals surface area contributed by atoms with Gasteiger partial charge in [-0.25, -0.2) is 4.98 Å². The van der Waals surface area contributed by atoms with Crippen LogP contribution >= 0.6 is 0 Å². The van der Waals surface area contributed by atoms with Crippen LogP contribution in [0.3, 0.4) is 0 Å². The number of aryl methyl sites for hydroxylation is 1. The fourth-order valence-corrected chi connectivity index (χ4v) is 5.49. The molecular weight excluding hydrogens is 316 g/mol. The molecule has 23 heavy (non-hydrogen) atoms. The van der Waals surface area contributed by atoms with E-state index >= 15 is 0 Å². The second-order valence-electron chi connectivity index (χ2n) is 6.40. The molecule has 1 aromatic rings. The lowest BCUT2D eigenvalue weighted by molar-refractivity contribution is 0.0550. The molecule has 130 valence electrons. The Balaban J connectivity index is 1.74. The van der Waals surface area contributed by atoms with Crippen LogP contribution in [0.25, 0.3) is 0 Å². The van der Waals surface area contributed by atoms with Crippen LogP contribution < -0.4 is 0 Å². The zero-order chi connectivity index (χ0) is 16.4. The van der Waals surface area contributed by atoms with E-state index in [1.807, 2.05) is 17.7 Å². The van der Waals surface area contributed by atoms with E-state index in [4.69, 9.17) is 4.74 Å². The summed E-state index contributed by atoms with van der Waals surface area (Å²) in [4.78, 5) is 4.22. The third-order valence-corrected chi connectivity index (χ3v) is 7.01. The van der Waals surface area contributed by atoms with Gasteiger partial charge < -0.3 is 9.30 Å². The first-order chi connectivity index (χ1) is 11.0. The average molecular weight is 342 g/mol. The first-order valence-corrected chi connectivity index (χ1v) is 9.69. The molecule has 7 nitrogen and oxygen atoms in total. The monoisotopic (exact) mass is 342 g/mol. The highest BCUT2D eigenvalue weighted by Gasteiger charge is 2.40. The maximum atomic E-state index is 13.0. The Labute approximate surface area is 138 Å². The number of nitrogens with zero attached hydrogens (tertiary/aromatic N) is 4. The molecule has 0 radical (unpaired) electrons. The van der Waals surface area contributed by atoms with Gasteiger partial charge in [0.15, 0.2) is 0 Å². The third kappa shape index (κ3) is 3.45. The summed E-state index contributed by atoms with van der Waals surface area (Å²) < 4.78 is 36.8. The minimum Gasteiger partial charge on any atom is -0.380 e. The fraction of sp³-hybridized carbons (Fsp3) is 0.800. The molecule has 2 fully saturated rings. The molecule has 0 unspecified atom stereocenters. The normalized spacial score (nSPS) is 27.6. The van der Waals surface area contributed by atoms with E-state index in [0.717, 1.165) is 31.5 Å². The first kappa shape index (κ1) is 16.9. The Bertz CT molecular complexity index is 630.